The van der Waals surface area contributed by atoms with Crippen molar-refractivity contribution in [3.63, 3.8) is 0 Å². The third kappa shape index (κ3) is 5.31. The lowest BCUT2D eigenvalue weighted by Gasteiger charge is -2.34. The number of piperidine rings is 1. The molecule has 1 atom stereocenters. The minimum Gasteiger partial charge on any atom is -0.445 e. The Morgan fingerprint density at radius 2 is 2.18 bits per heavy atom. The average molecular weight is 306 g/mol. The third-order valence-electron chi connectivity index (χ3n) is 4.03. The Hall–Kier alpha value is -1.59. The summed E-state index contributed by atoms with van der Waals surface area (Å²) < 4.78 is 5.40. The molecule has 0 radical (unpaired) electrons. The zero-order chi connectivity index (χ0) is 15.8. The Morgan fingerprint density at radius 1 is 1.41 bits per heavy atom. The highest BCUT2D eigenvalue weighted by atomic mass is 16.6. The van der Waals surface area contributed by atoms with Gasteiger partial charge in [0.05, 0.1) is 6.61 Å². The van der Waals surface area contributed by atoms with Crippen molar-refractivity contribution < 1.29 is 14.6 Å². The predicted octanol–water partition coefficient (Wildman–Crippen LogP) is 1.96. The second kappa shape index (κ2) is 8.76. The van der Waals surface area contributed by atoms with Crippen molar-refractivity contribution in [3.05, 3.63) is 35.9 Å². The van der Waals surface area contributed by atoms with E-state index in [0.717, 1.165) is 38.0 Å². The lowest BCUT2D eigenvalue weighted by atomic mass is 9.98. The van der Waals surface area contributed by atoms with Gasteiger partial charge in [0.25, 0.3) is 0 Å². The van der Waals surface area contributed by atoms with E-state index in [2.05, 4.69) is 4.90 Å². The first kappa shape index (κ1) is 16.8. The van der Waals surface area contributed by atoms with Crippen LogP contribution >= 0.6 is 0 Å². The Kier molecular flexibility index (Phi) is 6.68. The smallest absolute Gasteiger partial charge is 0.410 e. The van der Waals surface area contributed by atoms with Gasteiger partial charge >= 0.3 is 6.09 Å². The molecule has 1 aliphatic rings. The minimum absolute atomic E-state index is 0.173. The number of hydrogen-bond acceptors (Lipinski definition) is 4. The maximum absolute atomic E-state index is 12.2. The molecule has 0 aromatic heterocycles. The first-order chi connectivity index (χ1) is 10.7. The van der Waals surface area contributed by atoms with E-state index in [4.69, 9.17) is 9.84 Å². The molecule has 22 heavy (non-hydrogen) atoms. The molecule has 0 bridgehead atoms. The summed E-state index contributed by atoms with van der Waals surface area (Å²) in [6.45, 7) is 3.59. The van der Waals surface area contributed by atoms with Gasteiger partial charge in [-0.05, 0) is 31.4 Å². The molecule has 1 amide bonds. The molecule has 5 nitrogen and oxygen atoms in total. The van der Waals surface area contributed by atoms with Gasteiger partial charge in [0, 0.05) is 26.2 Å². The molecule has 1 heterocycles. The number of amides is 1. The lowest BCUT2D eigenvalue weighted by Crippen LogP contribution is -2.43. The van der Waals surface area contributed by atoms with Gasteiger partial charge in [-0.1, -0.05) is 30.3 Å². The first-order valence-corrected chi connectivity index (χ1v) is 7.94. The molecule has 0 aliphatic carbocycles. The number of carbonyl (C=O) groups is 1. The van der Waals surface area contributed by atoms with Crippen LogP contribution < -0.4 is 0 Å². The predicted molar refractivity (Wildman–Crippen MR) is 85.5 cm³/mol. The van der Waals surface area contributed by atoms with Gasteiger partial charge in [-0.15, -0.1) is 0 Å². The second-order valence-electron chi connectivity index (χ2n) is 5.98. The van der Waals surface area contributed by atoms with Gasteiger partial charge in [0.2, 0.25) is 0 Å². The van der Waals surface area contributed by atoms with Gasteiger partial charge in [-0.3, -0.25) is 0 Å². The fourth-order valence-corrected chi connectivity index (χ4v) is 2.89. The molecule has 122 valence electrons. The van der Waals surface area contributed by atoms with E-state index in [0.29, 0.717) is 19.1 Å². The quantitative estimate of drug-likeness (QED) is 0.873. The third-order valence-corrected chi connectivity index (χ3v) is 4.03. The van der Waals surface area contributed by atoms with Crippen LogP contribution in [-0.4, -0.2) is 60.8 Å². The zero-order valence-corrected chi connectivity index (χ0v) is 13.3. The molecule has 1 aliphatic heterocycles. The number of likely N-dealkylation sites (N-methyl/N-ethyl adjacent to an activating group) is 1. The normalized spacial score (nSPS) is 18.5. The van der Waals surface area contributed by atoms with Crippen molar-refractivity contribution in [2.45, 2.75) is 19.4 Å². The standard InChI is InChI=1S/C17H26N2O3/c1-18(10-11-20)12-16-8-5-9-19(13-16)17(21)22-14-15-6-3-2-4-7-15/h2-4,6-7,16,20H,5,8-14H2,1H3/t16-/m0/s1. The van der Waals surface area contributed by atoms with E-state index in [1.165, 1.54) is 0 Å². The number of benzene rings is 1. The van der Waals surface area contributed by atoms with Crippen LogP contribution in [0.15, 0.2) is 30.3 Å². The summed E-state index contributed by atoms with van der Waals surface area (Å²) in [5.74, 6) is 0.453. The fourth-order valence-electron chi connectivity index (χ4n) is 2.89. The molecule has 2 rings (SSSR count). The van der Waals surface area contributed by atoms with E-state index in [-0.39, 0.29) is 12.7 Å². The summed E-state index contributed by atoms with van der Waals surface area (Å²) in [7, 11) is 2.00. The average Bonchev–Trinajstić information content (AvgIpc) is 2.54. The van der Waals surface area contributed by atoms with E-state index in [9.17, 15) is 4.79 Å². The van der Waals surface area contributed by atoms with Gasteiger partial charge in [0.15, 0.2) is 0 Å². The highest BCUT2D eigenvalue weighted by Gasteiger charge is 2.25. The van der Waals surface area contributed by atoms with Crippen LogP contribution in [0.3, 0.4) is 0 Å². The Balaban J connectivity index is 1.77. The molecule has 1 aromatic carbocycles. The molecule has 0 saturated carbocycles. The van der Waals surface area contributed by atoms with Crippen molar-refractivity contribution in [2.75, 3.05) is 39.8 Å². The molecule has 1 saturated heterocycles. The van der Waals surface area contributed by atoms with Gasteiger partial charge in [-0.25, -0.2) is 4.79 Å². The largest absolute Gasteiger partial charge is 0.445 e. The number of ether oxygens (including phenoxy) is 1. The Bertz CT molecular complexity index is 452. The van der Waals surface area contributed by atoms with Crippen LogP contribution in [0.1, 0.15) is 18.4 Å². The van der Waals surface area contributed by atoms with Crippen LogP contribution in [0.5, 0.6) is 0 Å². The highest BCUT2D eigenvalue weighted by molar-refractivity contribution is 5.67. The monoisotopic (exact) mass is 306 g/mol. The Morgan fingerprint density at radius 3 is 2.91 bits per heavy atom. The molecular formula is C17H26N2O3. The van der Waals surface area contributed by atoms with Crippen LogP contribution in [0.2, 0.25) is 0 Å². The summed E-state index contributed by atoms with van der Waals surface area (Å²) in [5, 5.41) is 8.96. The number of aliphatic hydroxyl groups excluding tert-OH is 1. The van der Waals surface area contributed by atoms with E-state index in [1.807, 2.05) is 42.3 Å². The van der Waals surface area contributed by atoms with Crippen molar-refractivity contribution in [2.24, 2.45) is 5.92 Å². The van der Waals surface area contributed by atoms with E-state index in [1.54, 1.807) is 0 Å². The summed E-state index contributed by atoms with van der Waals surface area (Å²) in [5.41, 5.74) is 1.01. The van der Waals surface area contributed by atoms with Crippen LogP contribution in [-0.2, 0) is 11.3 Å². The van der Waals surface area contributed by atoms with Crippen molar-refractivity contribution in [3.8, 4) is 0 Å². The zero-order valence-electron chi connectivity index (χ0n) is 13.3. The second-order valence-corrected chi connectivity index (χ2v) is 5.98. The molecule has 1 aromatic rings. The van der Waals surface area contributed by atoms with Crippen LogP contribution in [0.25, 0.3) is 0 Å². The van der Waals surface area contributed by atoms with E-state index < -0.39 is 0 Å². The number of aliphatic hydroxyl groups is 1. The van der Waals surface area contributed by atoms with Gasteiger partial charge < -0.3 is 19.6 Å². The molecule has 5 heteroatoms. The van der Waals surface area contributed by atoms with Crippen LogP contribution in [0.4, 0.5) is 4.79 Å². The number of carbonyl (C=O) groups excluding carboxylic acids is 1. The van der Waals surface area contributed by atoms with E-state index >= 15 is 0 Å². The van der Waals surface area contributed by atoms with Crippen molar-refractivity contribution in [1.82, 2.24) is 9.80 Å². The summed E-state index contributed by atoms with van der Waals surface area (Å²) in [4.78, 5) is 16.1. The molecular weight excluding hydrogens is 280 g/mol. The van der Waals surface area contributed by atoms with Gasteiger partial charge in [-0.2, -0.15) is 0 Å². The molecule has 0 spiro atoms. The van der Waals surface area contributed by atoms with Crippen molar-refractivity contribution in [1.29, 1.82) is 0 Å². The molecule has 1 fully saturated rings. The van der Waals surface area contributed by atoms with Crippen LogP contribution in [0, 0.1) is 5.92 Å². The van der Waals surface area contributed by atoms with Gasteiger partial charge in [0.1, 0.15) is 6.61 Å². The molecule has 0 unspecified atom stereocenters. The summed E-state index contributed by atoms with van der Waals surface area (Å²) in [6, 6.07) is 9.74. The first-order valence-electron chi connectivity index (χ1n) is 7.94. The summed E-state index contributed by atoms with van der Waals surface area (Å²) in [6.07, 6.45) is 1.91. The SMILES string of the molecule is CN(CCO)C[C@@H]1CCCN(C(=O)OCc2ccccc2)C1. The van der Waals surface area contributed by atoms with Crippen molar-refractivity contribution >= 4 is 6.09 Å². The fraction of sp³-hybridized carbons (Fsp3) is 0.588. The maximum Gasteiger partial charge on any atom is 0.410 e. The number of rotatable bonds is 6. The summed E-state index contributed by atoms with van der Waals surface area (Å²) >= 11 is 0. The topological polar surface area (TPSA) is 53.0 Å². The minimum atomic E-state index is -0.224. The lowest BCUT2D eigenvalue weighted by molar-refractivity contribution is 0.0728. The number of nitrogens with zero attached hydrogens (tertiary/aromatic N) is 2. The maximum atomic E-state index is 12.2. The number of likely N-dealkylation sites (tertiary alicyclic amines) is 1. The highest BCUT2D eigenvalue weighted by Crippen LogP contribution is 2.18. The molecule has 1 N–H and O–H groups in total. The number of hydrogen-bond donors (Lipinski definition) is 1. The Labute approximate surface area is 132 Å².